The van der Waals surface area contributed by atoms with Crippen molar-refractivity contribution in [1.82, 2.24) is 4.57 Å². The van der Waals surface area contributed by atoms with Gasteiger partial charge in [0.15, 0.2) is 5.78 Å². The molecule has 0 saturated heterocycles. The maximum atomic E-state index is 11.8. The maximum absolute atomic E-state index is 11.8. The number of carbonyl (C=O) groups excluding carboxylic acids is 1. The largest absolute Gasteiger partial charge is 0.478 e. The summed E-state index contributed by atoms with van der Waals surface area (Å²) in [5.41, 5.74) is 0.787. The van der Waals surface area contributed by atoms with Gasteiger partial charge in [-0.3, -0.25) is 9.59 Å². The molecule has 1 aliphatic carbocycles. The van der Waals surface area contributed by atoms with Crippen LogP contribution in [0.5, 0.6) is 0 Å². The lowest BCUT2D eigenvalue weighted by atomic mass is 9.94. The first-order valence-electron chi connectivity index (χ1n) is 5.67. The summed E-state index contributed by atoms with van der Waals surface area (Å²) in [6.07, 6.45) is 1.78. The van der Waals surface area contributed by atoms with E-state index in [-0.39, 0.29) is 23.5 Å². The van der Waals surface area contributed by atoms with Crippen molar-refractivity contribution >= 4 is 11.8 Å². The van der Waals surface area contributed by atoms with E-state index in [0.29, 0.717) is 30.5 Å². The van der Waals surface area contributed by atoms with E-state index in [4.69, 9.17) is 5.11 Å². The molecule has 1 aromatic heterocycles. The van der Waals surface area contributed by atoms with Crippen molar-refractivity contribution in [2.45, 2.75) is 25.8 Å². The van der Waals surface area contributed by atoms with E-state index in [9.17, 15) is 14.4 Å². The molecule has 0 radical (unpaired) electrons. The summed E-state index contributed by atoms with van der Waals surface area (Å²) in [4.78, 5) is 34.3. The van der Waals surface area contributed by atoms with Gasteiger partial charge in [-0.2, -0.15) is 0 Å². The van der Waals surface area contributed by atoms with Crippen LogP contribution in [-0.2, 0) is 17.8 Å². The molecule has 0 atom stereocenters. The molecule has 0 amide bonds. The number of pyridine rings is 1. The molecule has 18 heavy (non-hydrogen) atoms. The number of aliphatic carboxylic acids is 1. The lowest BCUT2D eigenvalue weighted by Gasteiger charge is -2.19. The summed E-state index contributed by atoms with van der Waals surface area (Å²) in [6, 6.07) is 2.83. The first-order valence-corrected chi connectivity index (χ1v) is 5.67. The number of carboxylic acid groups (broad SMARTS) is 1. The van der Waals surface area contributed by atoms with Crippen molar-refractivity contribution < 1.29 is 14.7 Å². The second kappa shape index (κ2) is 4.60. The lowest BCUT2D eigenvalue weighted by Crippen LogP contribution is -2.29. The average molecular weight is 247 g/mol. The van der Waals surface area contributed by atoms with Gasteiger partial charge in [0.2, 0.25) is 0 Å². The van der Waals surface area contributed by atoms with Crippen molar-refractivity contribution in [2.24, 2.45) is 0 Å². The number of nitrogens with zero attached hydrogens (tertiary/aromatic N) is 1. The molecule has 0 unspecified atom stereocenters. The van der Waals surface area contributed by atoms with E-state index in [2.05, 4.69) is 6.58 Å². The van der Waals surface area contributed by atoms with Crippen molar-refractivity contribution in [3.05, 3.63) is 45.9 Å². The zero-order valence-corrected chi connectivity index (χ0v) is 9.81. The van der Waals surface area contributed by atoms with Crippen LogP contribution < -0.4 is 5.56 Å². The summed E-state index contributed by atoms with van der Waals surface area (Å²) < 4.78 is 1.34. The number of Topliss-reactive ketones (excluding diaryl/α,β-unsaturated/α-hetero) is 1. The van der Waals surface area contributed by atoms with Gasteiger partial charge >= 0.3 is 5.97 Å². The number of hydrogen-bond acceptors (Lipinski definition) is 3. The molecule has 0 spiro atoms. The van der Waals surface area contributed by atoms with Gasteiger partial charge in [0.25, 0.3) is 5.56 Å². The van der Waals surface area contributed by atoms with Crippen molar-refractivity contribution in [2.75, 3.05) is 0 Å². The Labute approximate surface area is 103 Å². The molecule has 0 bridgehead atoms. The highest BCUT2D eigenvalue weighted by Gasteiger charge is 2.21. The van der Waals surface area contributed by atoms with E-state index < -0.39 is 5.97 Å². The summed E-state index contributed by atoms with van der Waals surface area (Å²) >= 11 is 0. The molecule has 0 aliphatic heterocycles. The molecular weight excluding hydrogens is 234 g/mol. The Morgan fingerprint density at radius 3 is 2.72 bits per heavy atom. The Hall–Kier alpha value is -2.17. The number of fused-ring (bicyclic) bond motifs is 1. The molecular formula is C13H13NO4. The van der Waals surface area contributed by atoms with Gasteiger partial charge in [0, 0.05) is 29.3 Å². The fourth-order valence-electron chi connectivity index (χ4n) is 2.13. The smallest absolute Gasteiger partial charge is 0.332 e. The van der Waals surface area contributed by atoms with E-state index >= 15 is 0 Å². The van der Waals surface area contributed by atoms with Gasteiger partial charge in [-0.25, -0.2) is 4.79 Å². The SMILES string of the molecule is C=C(Cn1c2c(ccc1=O)C(=O)CCC2)C(=O)O. The Balaban J connectivity index is 2.50. The Kier molecular flexibility index (Phi) is 3.14. The molecule has 1 aromatic rings. The zero-order valence-electron chi connectivity index (χ0n) is 9.81. The number of ketones is 1. The Morgan fingerprint density at radius 1 is 1.33 bits per heavy atom. The Morgan fingerprint density at radius 2 is 2.06 bits per heavy atom. The standard InChI is InChI=1S/C13H13NO4/c1-8(13(17)18)7-14-10-3-2-4-11(15)9(10)5-6-12(14)16/h5-6H,1-4,7H2,(H,17,18). The highest BCUT2D eigenvalue weighted by molar-refractivity contribution is 5.98. The monoisotopic (exact) mass is 247 g/mol. The van der Waals surface area contributed by atoms with Gasteiger partial charge in [-0.1, -0.05) is 6.58 Å². The van der Waals surface area contributed by atoms with Gasteiger partial charge in [0.1, 0.15) is 0 Å². The van der Waals surface area contributed by atoms with Crippen LogP contribution in [0.2, 0.25) is 0 Å². The highest BCUT2D eigenvalue weighted by atomic mass is 16.4. The minimum Gasteiger partial charge on any atom is -0.478 e. The van der Waals surface area contributed by atoms with E-state index in [1.54, 1.807) is 0 Å². The van der Waals surface area contributed by atoms with Crippen LogP contribution in [0.15, 0.2) is 29.1 Å². The summed E-state index contributed by atoms with van der Waals surface area (Å²) in [6.45, 7) is 3.34. The molecule has 1 aliphatic rings. The van der Waals surface area contributed by atoms with Crippen LogP contribution in [0.4, 0.5) is 0 Å². The molecule has 5 heteroatoms. The predicted molar refractivity (Wildman–Crippen MR) is 64.7 cm³/mol. The van der Waals surface area contributed by atoms with Crippen LogP contribution >= 0.6 is 0 Å². The predicted octanol–water partition coefficient (Wildman–Crippen LogP) is 1.01. The fourth-order valence-corrected chi connectivity index (χ4v) is 2.13. The van der Waals surface area contributed by atoms with Crippen molar-refractivity contribution in [3.63, 3.8) is 0 Å². The van der Waals surface area contributed by atoms with Crippen molar-refractivity contribution in [1.29, 1.82) is 0 Å². The highest BCUT2D eigenvalue weighted by Crippen LogP contribution is 2.20. The quantitative estimate of drug-likeness (QED) is 0.809. The molecule has 5 nitrogen and oxygen atoms in total. The number of carbonyl (C=O) groups is 2. The second-order valence-corrected chi connectivity index (χ2v) is 4.30. The molecule has 1 heterocycles. The van der Waals surface area contributed by atoms with E-state index in [1.807, 2.05) is 0 Å². The summed E-state index contributed by atoms with van der Waals surface area (Å²) in [5, 5.41) is 8.81. The lowest BCUT2D eigenvalue weighted by molar-refractivity contribution is -0.132. The average Bonchev–Trinajstić information content (AvgIpc) is 2.32. The first-order chi connectivity index (χ1) is 8.50. The topological polar surface area (TPSA) is 76.4 Å². The molecule has 94 valence electrons. The third kappa shape index (κ3) is 2.11. The Bertz CT molecular complexity index is 597. The summed E-state index contributed by atoms with van der Waals surface area (Å²) in [5.74, 6) is -1.13. The first kappa shape index (κ1) is 12.3. The van der Waals surface area contributed by atoms with Gasteiger partial charge in [-0.05, 0) is 18.9 Å². The van der Waals surface area contributed by atoms with Crippen LogP contribution in [0, 0.1) is 0 Å². The number of carboxylic acids is 1. The van der Waals surface area contributed by atoms with Crippen LogP contribution in [0.1, 0.15) is 28.9 Å². The van der Waals surface area contributed by atoms with Gasteiger partial charge < -0.3 is 9.67 Å². The minimum atomic E-state index is -1.14. The van der Waals surface area contributed by atoms with Crippen LogP contribution in [-0.4, -0.2) is 21.4 Å². The molecule has 0 fully saturated rings. The van der Waals surface area contributed by atoms with E-state index in [0.717, 1.165) is 0 Å². The minimum absolute atomic E-state index is 0.00550. The van der Waals surface area contributed by atoms with Gasteiger partial charge in [-0.15, -0.1) is 0 Å². The zero-order chi connectivity index (χ0) is 13.3. The number of hydrogen-bond donors (Lipinski definition) is 1. The molecule has 0 saturated carbocycles. The van der Waals surface area contributed by atoms with Crippen LogP contribution in [0.3, 0.4) is 0 Å². The fraction of sp³-hybridized carbons (Fsp3) is 0.308. The third-order valence-corrected chi connectivity index (χ3v) is 3.06. The summed E-state index contributed by atoms with van der Waals surface area (Å²) in [7, 11) is 0. The van der Waals surface area contributed by atoms with Gasteiger partial charge in [0.05, 0.1) is 6.54 Å². The second-order valence-electron chi connectivity index (χ2n) is 4.30. The van der Waals surface area contributed by atoms with Crippen LogP contribution in [0.25, 0.3) is 0 Å². The van der Waals surface area contributed by atoms with Crippen molar-refractivity contribution in [3.8, 4) is 0 Å². The number of rotatable bonds is 3. The molecule has 2 rings (SSSR count). The van der Waals surface area contributed by atoms with E-state index in [1.165, 1.54) is 16.7 Å². The third-order valence-electron chi connectivity index (χ3n) is 3.06. The molecule has 0 aromatic carbocycles. The number of aromatic nitrogens is 1. The normalized spacial score (nSPS) is 14.1. The maximum Gasteiger partial charge on any atom is 0.332 e. The molecule has 1 N–H and O–H groups in total.